The van der Waals surface area contributed by atoms with E-state index in [4.69, 9.17) is 16.3 Å². The van der Waals surface area contributed by atoms with Crippen molar-refractivity contribution in [3.05, 3.63) is 71.3 Å². The van der Waals surface area contributed by atoms with Crippen molar-refractivity contribution in [3.63, 3.8) is 0 Å². The molecule has 0 radical (unpaired) electrons. The van der Waals surface area contributed by atoms with Crippen LogP contribution in [0.5, 0.6) is 5.19 Å². The number of carbonyl (C=O) groups excluding carboxylic acids is 3. The average Bonchev–Trinajstić information content (AvgIpc) is 3.88. The third kappa shape index (κ3) is 7.17. The maximum Gasteiger partial charge on any atom is 0.274 e. The van der Waals surface area contributed by atoms with E-state index in [0.29, 0.717) is 42.3 Å². The molecule has 1 N–H and O–H groups in total. The van der Waals surface area contributed by atoms with E-state index in [2.05, 4.69) is 15.8 Å². The lowest BCUT2D eigenvalue weighted by atomic mass is 9.90. The number of amides is 2. The van der Waals surface area contributed by atoms with E-state index < -0.39 is 38.2 Å². The summed E-state index contributed by atoms with van der Waals surface area (Å²) in [6.45, 7) is 1.85. The Bertz CT molecular complexity index is 1890. The number of halogens is 1. The second kappa shape index (κ2) is 13.5. The van der Waals surface area contributed by atoms with Crippen LogP contribution in [0.15, 0.2) is 60.7 Å². The van der Waals surface area contributed by atoms with Crippen molar-refractivity contribution >= 4 is 60.8 Å². The van der Waals surface area contributed by atoms with Crippen molar-refractivity contribution in [1.82, 2.24) is 14.6 Å². The van der Waals surface area contributed by atoms with Crippen molar-refractivity contribution in [2.24, 2.45) is 17.3 Å². The highest BCUT2D eigenvalue weighted by Crippen LogP contribution is 2.57. The van der Waals surface area contributed by atoms with Gasteiger partial charge in [0.05, 0.1) is 33.0 Å². The summed E-state index contributed by atoms with van der Waals surface area (Å²) in [5.74, 6) is -1.53. The Kier molecular flexibility index (Phi) is 9.38. The lowest BCUT2D eigenvalue weighted by Gasteiger charge is -2.29. The quantitative estimate of drug-likeness (QED) is 0.271. The highest BCUT2D eigenvalue weighted by atomic mass is 35.5. The van der Waals surface area contributed by atoms with Crippen LogP contribution < -0.4 is 9.46 Å². The number of benzene rings is 2. The van der Waals surface area contributed by atoms with Gasteiger partial charge in [-0.3, -0.25) is 19.1 Å². The normalized spacial score (nSPS) is 29.3. The second-order valence-electron chi connectivity index (χ2n) is 14.5. The number of carbonyl (C=O) groups is 3. The SMILES string of the molecule is CC1(S(=O)(=O)NC(=O)[C@]23CC(=O)[C@@H]4C[C@@H](Oc5nc6ccc(Cl)cc6s5)CN4C(=O)[C@@H](Cc4ccccc4)CCCCC/C=C\[C@H]2C3)CC1. The summed E-state index contributed by atoms with van der Waals surface area (Å²) < 4.78 is 34.9. The minimum absolute atomic E-state index is 0.0903. The van der Waals surface area contributed by atoms with Crippen LogP contribution in [0.1, 0.15) is 76.7 Å². The smallest absolute Gasteiger partial charge is 0.274 e. The van der Waals surface area contributed by atoms with Gasteiger partial charge in [-0.15, -0.1) is 0 Å². The van der Waals surface area contributed by atoms with Crippen LogP contribution in [-0.4, -0.2) is 59.3 Å². The molecule has 7 rings (SSSR count). The Morgan fingerprint density at radius 3 is 2.69 bits per heavy atom. The molecule has 2 aromatic carbocycles. The summed E-state index contributed by atoms with van der Waals surface area (Å²) in [5.41, 5.74) is 0.644. The number of allylic oxidation sites excluding steroid dienone is 2. The highest BCUT2D eigenvalue weighted by Gasteiger charge is 2.62. The van der Waals surface area contributed by atoms with Gasteiger partial charge in [0.25, 0.3) is 5.19 Å². The molecule has 1 saturated heterocycles. The summed E-state index contributed by atoms with van der Waals surface area (Å²) in [7, 11) is -3.88. The number of thiazole rings is 1. The van der Waals surface area contributed by atoms with Crippen LogP contribution in [-0.2, 0) is 30.8 Å². The number of hydrogen-bond acceptors (Lipinski definition) is 8. The average molecular weight is 724 g/mol. The Morgan fingerprint density at radius 1 is 1.12 bits per heavy atom. The Labute approximate surface area is 296 Å². The fourth-order valence-corrected chi connectivity index (χ4v) is 9.88. The summed E-state index contributed by atoms with van der Waals surface area (Å²) in [5, 5.41) is 1.04. The first kappa shape index (κ1) is 34.2. The number of nitrogens with one attached hydrogen (secondary N) is 1. The van der Waals surface area contributed by atoms with Gasteiger partial charge >= 0.3 is 0 Å². The van der Waals surface area contributed by atoms with Crippen LogP contribution in [0.2, 0.25) is 5.02 Å². The predicted octanol–water partition coefficient (Wildman–Crippen LogP) is 6.64. The summed E-state index contributed by atoms with van der Waals surface area (Å²) >= 11 is 7.56. The van der Waals surface area contributed by atoms with Gasteiger partial charge in [0, 0.05) is 23.8 Å². The number of sulfonamides is 1. The third-order valence-corrected chi connectivity index (χ3v) is 14.2. The van der Waals surface area contributed by atoms with Crippen molar-refractivity contribution in [2.45, 2.75) is 94.4 Å². The van der Waals surface area contributed by atoms with Gasteiger partial charge in [-0.2, -0.15) is 0 Å². The molecule has 3 fully saturated rings. The summed E-state index contributed by atoms with van der Waals surface area (Å²) in [4.78, 5) is 49.0. The van der Waals surface area contributed by atoms with Crippen LogP contribution >= 0.6 is 22.9 Å². The van der Waals surface area contributed by atoms with E-state index in [0.717, 1.165) is 41.5 Å². The standard InChI is InChI=1S/C37H42ClN3O6S2/c1-36(16-17-36)49(45,46)40-34(44)37-21-26(37)13-9-4-2-3-8-12-25(18-24-10-6-5-7-11-24)33(43)41-23-28(20-30(41)31(42)22-37)47-35-39-29-15-14-27(38)19-32(29)48-35/h5-7,9-11,13-15,19,25-26,28,30H,2-4,8,12,16-18,20-23H2,1H3,(H,40,44)/b13-9-/t25-,26+,28-,30+,37-/m1/s1. The minimum Gasteiger partial charge on any atom is -0.465 e. The van der Waals surface area contributed by atoms with E-state index in [1.54, 1.807) is 17.9 Å². The molecule has 0 bridgehead atoms. The number of ether oxygens (including phenoxy) is 1. The Hall–Kier alpha value is -3.28. The summed E-state index contributed by atoms with van der Waals surface area (Å²) in [6, 6.07) is 14.6. The molecule has 2 amide bonds. The fraction of sp³-hybridized carbons (Fsp3) is 0.514. The van der Waals surface area contributed by atoms with Crippen molar-refractivity contribution in [3.8, 4) is 5.19 Å². The molecule has 0 unspecified atom stereocenters. The van der Waals surface area contributed by atoms with Crippen LogP contribution in [0.4, 0.5) is 0 Å². The zero-order chi connectivity index (χ0) is 34.4. The molecule has 2 aliphatic carbocycles. The van der Waals surface area contributed by atoms with E-state index in [-0.39, 0.29) is 42.9 Å². The van der Waals surface area contributed by atoms with Gasteiger partial charge in [-0.05, 0) is 81.5 Å². The van der Waals surface area contributed by atoms with Gasteiger partial charge < -0.3 is 9.64 Å². The third-order valence-electron chi connectivity index (χ3n) is 10.9. The molecule has 3 aromatic rings. The summed E-state index contributed by atoms with van der Waals surface area (Å²) in [6.07, 6.45) is 9.90. The van der Waals surface area contributed by atoms with Crippen molar-refractivity contribution < 1.29 is 27.5 Å². The lowest BCUT2D eigenvalue weighted by Crippen LogP contribution is -2.47. The molecular formula is C37H42ClN3O6S2. The predicted molar refractivity (Wildman–Crippen MR) is 190 cm³/mol. The molecule has 12 heteroatoms. The first-order chi connectivity index (χ1) is 23.5. The van der Waals surface area contributed by atoms with Gasteiger partial charge in [-0.25, -0.2) is 13.4 Å². The number of aromatic nitrogens is 1. The number of hydrogen-bond donors (Lipinski definition) is 1. The molecule has 1 aromatic heterocycles. The number of Topliss-reactive ketones (excluding diaryl/α,β-unsaturated/α-hetero) is 1. The highest BCUT2D eigenvalue weighted by molar-refractivity contribution is 7.91. The van der Waals surface area contributed by atoms with Crippen molar-refractivity contribution in [2.75, 3.05) is 6.54 Å². The Balaban J connectivity index is 1.18. The number of ketones is 1. The number of fused-ring (bicyclic) bond motifs is 3. The van der Waals surface area contributed by atoms with Gasteiger partial charge in [0.2, 0.25) is 21.8 Å². The van der Waals surface area contributed by atoms with E-state index in [1.807, 2.05) is 48.5 Å². The van der Waals surface area contributed by atoms with Crippen LogP contribution in [0.25, 0.3) is 10.2 Å². The lowest BCUT2D eigenvalue weighted by molar-refractivity contribution is -0.142. The van der Waals surface area contributed by atoms with Crippen LogP contribution in [0.3, 0.4) is 0 Å². The minimum atomic E-state index is -3.88. The van der Waals surface area contributed by atoms with E-state index in [1.165, 1.54) is 11.3 Å². The second-order valence-corrected chi connectivity index (χ2v) is 18.1. The van der Waals surface area contributed by atoms with Crippen LogP contribution in [0, 0.1) is 17.3 Å². The molecule has 0 spiro atoms. The number of nitrogens with zero attached hydrogens (tertiary/aromatic N) is 2. The molecule has 260 valence electrons. The maximum absolute atomic E-state index is 14.5. The first-order valence-corrected chi connectivity index (χ1v) is 20.0. The van der Waals surface area contributed by atoms with Crippen molar-refractivity contribution in [1.29, 1.82) is 0 Å². The molecule has 3 heterocycles. The van der Waals surface area contributed by atoms with E-state index in [9.17, 15) is 22.8 Å². The van der Waals surface area contributed by atoms with Gasteiger partial charge in [-0.1, -0.05) is 78.3 Å². The molecule has 9 nitrogen and oxygen atoms in total. The van der Waals surface area contributed by atoms with Gasteiger partial charge in [0.1, 0.15) is 6.10 Å². The molecule has 4 aliphatic rings. The zero-order valence-electron chi connectivity index (χ0n) is 27.6. The zero-order valence-corrected chi connectivity index (χ0v) is 30.0. The Morgan fingerprint density at radius 2 is 1.92 bits per heavy atom. The van der Waals surface area contributed by atoms with E-state index >= 15 is 0 Å². The molecule has 2 saturated carbocycles. The molecule has 2 aliphatic heterocycles. The monoisotopic (exact) mass is 723 g/mol. The molecule has 49 heavy (non-hydrogen) atoms. The largest absolute Gasteiger partial charge is 0.465 e. The topological polar surface area (TPSA) is 123 Å². The first-order valence-electron chi connectivity index (χ1n) is 17.3. The van der Waals surface area contributed by atoms with Gasteiger partial charge in [0.15, 0.2) is 5.78 Å². The fourth-order valence-electron chi connectivity index (χ4n) is 7.39. The molecule has 5 atom stereocenters. The molecular weight excluding hydrogens is 682 g/mol. The maximum atomic E-state index is 14.5. The number of rotatable bonds is 7.